The van der Waals surface area contributed by atoms with Gasteiger partial charge >= 0.3 is 140 Å². The van der Waals surface area contributed by atoms with Crippen LogP contribution in [0.5, 0.6) is 0 Å². The van der Waals surface area contributed by atoms with Crippen molar-refractivity contribution in [1.29, 1.82) is 0 Å². The van der Waals surface area contributed by atoms with Crippen LogP contribution in [0.15, 0.2) is 95.4 Å². The van der Waals surface area contributed by atoms with Crippen LogP contribution in [0.4, 0.5) is 0 Å². The molecule has 0 fully saturated rings. The SMILES string of the molecule is O=C=NS[PH](c1ccccc1)(c1ccccc1)c1ccccc1. The number of hydrogen-bond donors (Lipinski definition) is 0. The molecule has 0 atom stereocenters. The fourth-order valence-corrected chi connectivity index (χ4v) is 8.94. The minimum atomic E-state index is -2.46. The van der Waals surface area contributed by atoms with Gasteiger partial charge in [-0.1, -0.05) is 0 Å². The zero-order valence-corrected chi connectivity index (χ0v) is 14.2. The molecule has 3 rings (SSSR count). The molecule has 0 aliphatic carbocycles. The Kier molecular flexibility index (Phi) is 5.05. The van der Waals surface area contributed by atoms with E-state index in [1.165, 1.54) is 27.5 Å². The number of benzene rings is 3. The summed E-state index contributed by atoms with van der Waals surface area (Å²) in [6.45, 7) is -2.46. The average Bonchev–Trinajstić information content (AvgIpc) is 2.65. The third-order valence-electron chi connectivity index (χ3n) is 3.76. The van der Waals surface area contributed by atoms with Crippen LogP contribution in [-0.2, 0) is 4.79 Å². The van der Waals surface area contributed by atoms with Crippen LogP contribution in [-0.4, -0.2) is 6.08 Å². The first-order chi connectivity index (χ1) is 11.4. The third kappa shape index (κ3) is 3.13. The van der Waals surface area contributed by atoms with Crippen LogP contribution >= 0.6 is 18.0 Å². The van der Waals surface area contributed by atoms with Crippen molar-refractivity contribution in [3.05, 3.63) is 91.0 Å². The molecule has 0 unspecified atom stereocenters. The molecule has 114 valence electrons. The molecule has 2 nitrogen and oxygen atoms in total. The van der Waals surface area contributed by atoms with E-state index in [2.05, 4.69) is 40.8 Å². The molecule has 23 heavy (non-hydrogen) atoms. The van der Waals surface area contributed by atoms with Gasteiger partial charge in [-0.2, -0.15) is 0 Å². The minimum absolute atomic E-state index is 1.21. The Morgan fingerprint density at radius 1 is 0.652 bits per heavy atom. The van der Waals surface area contributed by atoms with Gasteiger partial charge in [-0.05, 0) is 0 Å². The normalized spacial score (nSPS) is 11.5. The number of rotatable bonds is 5. The predicted octanol–water partition coefficient (Wildman–Crippen LogP) is 3.61. The molecule has 3 aromatic rings. The summed E-state index contributed by atoms with van der Waals surface area (Å²) in [7, 11) is 0. The van der Waals surface area contributed by atoms with Gasteiger partial charge in [0, 0.05) is 0 Å². The van der Waals surface area contributed by atoms with Crippen LogP contribution < -0.4 is 15.9 Å². The van der Waals surface area contributed by atoms with E-state index in [4.69, 9.17) is 0 Å². The van der Waals surface area contributed by atoms with E-state index < -0.39 is 6.46 Å². The molecule has 0 aliphatic rings. The van der Waals surface area contributed by atoms with Gasteiger partial charge in [0.05, 0.1) is 0 Å². The van der Waals surface area contributed by atoms with E-state index in [9.17, 15) is 4.79 Å². The van der Waals surface area contributed by atoms with Gasteiger partial charge in [-0.25, -0.2) is 0 Å². The molecule has 0 radical (unpaired) electrons. The maximum atomic E-state index is 10.9. The molecule has 0 saturated heterocycles. The molecule has 0 heterocycles. The predicted molar refractivity (Wildman–Crippen MR) is 102 cm³/mol. The molecule has 0 saturated carbocycles. The monoisotopic (exact) mass is 337 g/mol. The Morgan fingerprint density at radius 2 is 1.00 bits per heavy atom. The van der Waals surface area contributed by atoms with E-state index in [0.717, 1.165) is 0 Å². The van der Waals surface area contributed by atoms with Crippen molar-refractivity contribution in [1.82, 2.24) is 0 Å². The van der Waals surface area contributed by atoms with Crippen molar-refractivity contribution in [3.63, 3.8) is 0 Å². The number of carbonyl (C=O) groups excluding carboxylic acids is 1. The first-order valence-electron chi connectivity index (χ1n) is 7.30. The summed E-state index contributed by atoms with van der Waals surface area (Å²) in [4.78, 5) is 10.9. The molecule has 4 heteroatoms. The molecular formula is C19H16NOPS. The summed E-state index contributed by atoms with van der Waals surface area (Å²) in [5.41, 5.74) is 0. The summed E-state index contributed by atoms with van der Waals surface area (Å²) in [6.07, 6.45) is 1.70. The van der Waals surface area contributed by atoms with Crippen molar-refractivity contribution in [2.75, 3.05) is 0 Å². The van der Waals surface area contributed by atoms with Crippen molar-refractivity contribution in [2.45, 2.75) is 0 Å². The van der Waals surface area contributed by atoms with E-state index >= 15 is 0 Å². The summed E-state index contributed by atoms with van der Waals surface area (Å²) >= 11 is 1.37. The van der Waals surface area contributed by atoms with Crippen LogP contribution in [0, 0.1) is 0 Å². The molecule has 0 amide bonds. The van der Waals surface area contributed by atoms with Gasteiger partial charge in [0.1, 0.15) is 0 Å². The molecule has 0 aliphatic heterocycles. The van der Waals surface area contributed by atoms with Crippen LogP contribution in [0.1, 0.15) is 0 Å². The average molecular weight is 337 g/mol. The second-order valence-electron chi connectivity index (χ2n) is 5.05. The Balaban J connectivity index is 2.32. The Morgan fingerprint density at radius 3 is 1.30 bits per heavy atom. The van der Waals surface area contributed by atoms with Gasteiger partial charge in [0.25, 0.3) is 0 Å². The van der Waals surface area contributed by atoms with E-state index in [1.807, 2.05) is 54.6 Å². The van der Waals surface area contributed by atoms with Gasteiger partial charge in [-0.3, -0.25) is 0 Å². The molecule has 0 N–H and O–H groups in total. The van der Waals surface area contributed by atoms with E-state index in [1.54, 1.807) is 6.08 Å². The zero-order chi connectivity index (χ0) is 16.0. The van der Waals surface area contributed by atoms with E-state index in [0.29, 0.717) is 0 Å². The molecule has 0 aromatic heterocycles. The van der Waals surface area contributed by atoms with Gasteiger partial charge in [-0.15, -0.1) is 0 Å². The molecule has 3 aromatic carbocycles. The Bertz CT molecular complexity index is 706. The second-order valence-corrected chi connectivity index (χ2v) is 10.9. The second kappa shape index (κ2) is 7.39. The van der Waals surface area contributed by atoms with Crippen molar-refractivity contribution >= 4 is 40.0 Å². The Hall–Kier alpha value is -2.18. The van der Waals surface area contributed by atoms with Crippen LogP contribution in [0.25, 0.3) is 0 Å². The number of nitrogens with zero attached hydrogens (tertiary/aromatic N) is 1. The molecule has 0 spiro atoms. The zero-order valence-electron chi connectivity index (χ0n) is 12.4. The van der Waals surface area contributed by atoms with Gasteiger partial charge in [0.15, 0.2) is 0 Å². The van der Waals surface area contributed by atoms with Crippen molar-refractivity contribution in [2.24, 2.45) is 4.40 Å². The molecular weight excluding hydrogens is 321 g/mol. The van der Waals surface area contributed by atoms with Crippen molar-refractivity contribution < 1.29 is 4.79 Å². The summed E-state index contributed by atoms with van der Waals surface area (Å²) in [6, 6.07) is 31.0. The number of isocyanates is 1. The van der Waals surface area contributed by atoms with Crippen LogP contribution in [0.2, 0.25) is 0 Å². The fourth-order valence-electron chi connectivity index (χ4n) is 2.76. The fraction of sp³-hybridized carbons (Fsp3) is 0. The Labute approximate surface area is 140 Å². The first-order valence-corrected chi connectivity index (χ1v) is 10.8. The standard InChI is InChI=1S/C19H16NOPS/c21-16-20-23-22(17-10-4-1-5-11-17,18-12-6-2-7-13-18)19-14-8-3-9-15-19/h1-15,22H. The number of hydrogen-bond acceptors (Lipinski definition) is 3. The van der Waals surface area contributed by atoms with Crippen LogP contribution in [0.3, 0.4) is 0 Å². The summed E-state index contributed by atoms with van der Waals surface area (Å²) in [5, 5.41) is 3.63. The quantitative estimate of drug-likeness (QED) is 0.308. The summed E-state index contributed by atoms with van der Waals surface area (Å²) in [5.74, 6) is 0. The van der Waals surface area contributed by atoms with Crippen molar-refractivity contribution in [3.8, 4) is 0 Å². The maximum absolute atomic E-state index is 10.9. The van der Waals surface area contributed by atoms with Gasteiger partial charge in [0.2, 0.25) is 0 Å². The third-order valence-corrected chi connectivity index (χ3v) is 10.9. The topological polar surface area (TPSA) is 29.4 Å². The summed E-state index contributed by atoms with van der Waals surface area (Å²) < 4.78 is 3.95. The first kappa shape index (κ1) is 15.7. The molecule has 0 bridgehead atoms. The van der Waals surface area contributed by atoms with E-state index in [-0.39, 0.29) is 0 Å². The van der Waals surface area contributed by atoms with Gasteiger partial charge < -0.3 is 0 Å².